The molecule has 30 heavy (non-hydrogen) atoms. The standard InChI is InChI=1S/C22H22F3NO4/c1-13(27)30-12-16-10-26-11-20(16)18-8-7-17(22(23,24)25)9-19(18)14-3-5-15(6-4-14)21(28)29-2/h3-9,16,20,26H,10-12H2,1-2H3/t16-,20?/m1/s1. The highest BCUT2D eigenvalue weighted by molar-refractivity contribution is 5.90. The van der Waals surface area contributed by atoms with Crippen molar-refractivity contribution in [3.63, 3.8) is 0 Å². The highest BCUT2D eigenvalue weighted by Gasteiger charge is 2.35. The Kier molecular flexibility index (Phi) is 6.45. The molecule has 0 radical (unpaired) electrons. The van der Waals surface area contributed by atoms with E-state index in [4.69, 9.17) is 4.74 Å². The highest BCUT2D eigenvalue weighted by atomic mass is 19.4. The van der Waals surface area contributed by atoms with Crippen molar-refractivity contribution in [2.75, 3.05) is 26.8 Å². The van der Waals surface area contributed by atoms with E-state index >= 15 is 0 Å². The number of hydrogen-bond donors (Lipinski definition) is 1. The zero-order valence-electron chi connectivity index (χ0n) is 16.6. The first-order valence-corrected chi connectivity index (χ1v) is 9.44. The third kappa shape index (κ3) is 4.81. The lowest BCUT2D eigenvalue weighted by Crippen LogP contribution is -2.20. The number of esters is 2. The number of ether oxygens (including phenoxy) is 2. The fraction of sp³-hybridized carbons (Fsp3) is 0.364. The molecule has 2 aromatic rings. The van der Waals surface area contributed by atoms with Crippen molar-refractivity contribution in [1.82, 2.24) is 5.32 Å². The normalized spacial score (nSPS) is 18.8. The topological polar surface area (TPSA) is 64.6 Å². The van der Waals surface area contributed by atoms with Crippen molar-refractivity contribution < 1.29 is 32.2 Å². The van der Waals surface area contributed by atoms with Gasteiger partial charge >= 0.3 is 18.1 Å². The van der Waals surface area contributed by atoms with E-state index in [2.05, 4.69) is 10.1 Å². The molecule has 1 saturated heterocycles. The molecule has 0 saturated carbocycles. The van der Waals surface area contributed by atoms with Crippen LogP contribution in [0.25, 0.3) is 11.1 Å². The summed E-state index contributed by atoms with van der Waals surface area (Å²) in [5.74, 6) is -1.10. The van der Waals surface area contributed by atoms with Crippen molar-refractivity contribution in [1.29, 1.82) is 0 Å². The van der Waals surface area contributed by atoms with E-state index in [0.29, 0.717) is 29.8 Å². The summed E-state index contributed by atoms with van der Waals surface area (Å²) in [4.78, 5) is 22.9. The molecule has 1 aliphatic heterocycles. The molecular formula is C22H22F3NO4. The second kappa shape index (κ2) is 8.87. The number of carbonyl (C=O) groups is 2. The van der Waals surface area contributed by atoms with Crippen LogP contribution in [0.4, 0.5) is 13.2 Å². The molecule has 1 N–H and O–H groups in total. The number of methoxy groups -OCH3 is 1. The van der Waals surface area contributed by atoms with Crippen LogP contribution in [-0.2, 0) is 20.4 Å². The zero-order chi connectivity index (χ0) is 21.9. The van der Waals surface area contributed by atoms with E-state index in [-0.39, 0.29) is 18.4 Å². The summed E-state index contributed by atoms with van der Waals surface area (Å²) >= 11 is 0. The Labute approximate surface area is 172 Å². The molecule has 0 aliphatic carbocycles. The van der Waals surface area contributed by atoms with Gasteiger partial charge in [-0.3, -0.25) is 4.79 Å². The van der Waals surface area contributed by atoms with Crippen molar-refractivity contribution in [3.05, 3.63) is 59.2 Å². The summed E-state index contributed by atoms with van der Waals surface area (Å²) in [6.07, 6.45) is -4.48. The van der Waals surface area contributed by atoms with Crippen LogP contribution in [0.15, 0.2) is 42.5 Å². The Balaban J connectivity index is 2.03. The van der Waals surface area contributed by atoms with E-state index in [9.17, 15) is 22.8 Å². The predicted octanol–water partition coefficient (Wildman–Crippen LogP) is 4.03. The van der Waals surface area contributed by atoms with Gasteiger partial charge < -0.3 is 14.8 Å². The monoisotopic (exact) mass is 421 g/mol. The molecule has 1 unspecified atom stereocenters. The number of rotatable bonds is 5. The smallest absolute Gasteiger partial charge is 0.416 e. The summed E-state index contributed by atoms with van der Waals surface area (Å²) < 4.78 is 49.9. The molecule has 1 aliphatic rings. The van der Waals surface area contributed by atoms with Gasteiger partial charge in [0.05, 0.1) is 24.8 Å². The van der Waals surface area contributed by atoms with E-state index < -0.39 is 23.7 Å². The fourth-order valence-corrected chi connectivity index (χ4v) is 3.71. The van der Waals surface area contributed by atoms with E-state index in [1.165, 1.54) is 32.2 Å². The summed E-state index contributed by atoms with van der Waals surface area (Å²) in [5, 5.41) is 3.23. The van der Waals surface area contributed by atoms with Crippen molar-refractivity contribution in [2.45, 2.75) is 19.0 Å². The van der Waals surface area contributed by atoms with E-state index in [1.54, 1.807) is 12.1 Å². The number of benzene rings is 2. The lowest BCUT2D eigenvalue weighted by Gasteiger charge is -2.23. The first-order chi connectivity index (χ1) is 14.2. The molecule has 1 fully saturated rings. The average Bonchev–Trinajstić information content (AvgIpc) is 3.19. The number of alkyl halides is 3. The molecule has 1 heterocycles. The fourth-order valence-electron chi connectivity index (χ4n) is 3.71. The van der Waals surface area contributed by atoms with Gasteiger partial charge in [-0.25, -0.2) is 4.79 Å². The molecule has 3 rings (SSSR count). The van der Waals surface area contributed by atoms with Gasteiger partial charge in [0, 0.05) is 31.8 Å². The van der Waals surface area contributed by atoms with Gasteiger partial charge in [0.1, 0.15) is 0 Å². The third-order valence-electron chi connectivity index (χ3n) is 5.24. The van der Waals surface area contributed by atoms with Gasteiger partial charge in [-0.15, -0.1) is 0 Å². The maximum Gasteiger partial charge on any atom is 0.416 e. The first-order valence-electron chi connectivity index (χ1n) is 9.44. The highest BCUT2D eigenvalue weighted by Crippen LogP contribution is 2.39. The Morgan fingerprint density at radius 3 is 2.40 bits per heavy atom. The van der Waals surface area contributed by atoms with Crippen LogP contribution >= 0.6 is 0 Å². The molecular weight excluding hydrogens is 399 g/mol. The number of halogens is 3. The van der Waals surface area contributed by atoms with Crippen LogP contribution in [0.3, 0.4) is 0 Å². The summed E-state index contributed by atoms with van der Waals surface area (Å²) in [5.41, 5.74) is 1.28. The molecule has 0 aromatic heterocycles. The number of hydrogen-bond acceptors (Lipinski definition) is 5. The van der Waals surface area contributed by atoms with Crippen LogP contribution in [0.2, 0.25) is 0 Å². The number of carbonyl (C=O) groups excluding carboxylic acids is 2. The van der Waals surface area contributed by atoms with Gasteiger partial charge in [-0.1, -0.05) is 18.2 Å². The van der Waals surface area contributed by atoms with Crippen LogP contribution in [0.5, 0.6) is 0 Å². The van der Waals surface area contributed by atoms with E-state index in [1.807, 2.05) is 0 Å². The van der Waals surface area contributed by atoms with E-state index in [0.717, 1.165) is 17.7 Å². The molecule has 0 bridgehead atoms. The molecule has 5 nitrogen and oxygen atoms in total. The number of nitrogens with one attached hydrogen (secondary N) is 1. The first kappa shape index (κ1) is 21.8. The summed E-state index contributed by atoms with van der Waals surface area (Å²) in [6, 6.07) is 9.95. The minimum atomic E-state index is -4.48. The maximum absolute atomic E-state index is 13.4. The largest absolute Gasteiger partial charge is 0.466 e. The van der Waals surface area contributed by atoms with Crippen LogP contribution < -0.4 is 5.32 Å². The Morgan fingerprint density at radius 2 is 1.80 bits per heavy atom. The van der Waals surface area contributed by atoms with Crippen LogP contribution in [-0.4, -0.2) is 38.7 Å². The predicted molar refractivity (Wildman–Crippen MR) is 104 cm³/mol. The third-order valence-corrected chi connectivity index (χ3v) is 5.24. The van der Waals surface area contributed by atoms with Gasteiger partial charge in [0.2, 0.25) is 0 Å². The second-order valence-electron chi connectivity index (χ2n) is 7.20. The molecule has 8 heteroatoms. The molecule has 2 aromatic carbocycles. The minimum Gasteiger partial charge on any atom is -0.466 e. The zero-order valence-corrected chi connectivity index (χ0v) is 16.6. The van der Waals surface area contributed by atoms with Gasteiger partial charge in [-0.2, -0.15) is 13.2 Å². The molecule has 0 spiro atoms. The maximum atomic E-state index is 13.4. The molecule has 0 amide bonds. The second-order valence-corrected chi connectivity index (χ2v) is 7.20. The van der Waals surface area contributed by atoms with Crippen LogP contribution in [0, 0.1) is 5.92 Å². The summed E-state index contributed by atoms with van der Waals surface area (Å²) in [7, 11) is 1.26. The minimum absolute atomic E-state index is 0.0567. The Hall–Kier alpha value is -2.87. The van der Waals surface area contributed by atoms with Gasteiger partial charge in [0.25, 0.3) is 0 Å². The lowest BCUT2D eigenvalue weighted by atomic mass is 9.83. The molecule has 160 valence electrons. The van der Waals surface area contributed by atoms with Gasteiger partial charge in [-0.05, 0) is 41.0 Å². The van der Waals surface area contributed by atoms with Crippen molar-refractivity contribution in [3.8, 4) is 11.1 Å². The van der Waals surface area contributed by atoms with Crippen LogP contribution in [0.1, 0.15) is 34.3 Å². The quantitative estimate of drug-likeness (QED) is 0.739. The Morgan fingerprint density at radius 1 is 1.10 bits per heavy atom. The van der Waals surface area contributed by atoms with Crippen molar-refractivity contribution >= 4 is 11.9 Å². The van der Waals surface area contributed by atoms with Crippen molar-refractivity contribution in [2.24, 2.45) is 5.92 Å². The van der Waals surface area contributed by atoms with Gasteiger partial charge in [0.15, 0.2) is 0 Å². The summed E-state index contributed by atoms with van der Waals surface area (Å²) in [6.45, 7) is 2.67. The molecule has 2 atom stereocenters. The lowest BCUT2D eigenvalue weighted by molar-refractivity contribution is -0.142. The average molecular weight is 421 g/mol. The Bertz CT molecular complexity index is 925. The SMILES string of the molecule is COC(=O)c1ccc(-c2cc(C(F)(F)F)ccc2C2CNC[C@@H]2COC(C)=O)cc1.